The van der Waals surface area contributed by atoms with Crippen molar-refractivity contribution in [2.75, 3.05) is 0 Å². The van der Waals surface area contributed by atoms with Crippen molar-refractivity contribution < 1.29 is 0 Å². The number of para-hydroxylation sites is 4. The highest BCUT2D eigenvalue weighted by molar-refractivity contribution is 6.35. The van der Waals surface area contributed by atoms with E-state index in [4.69, 9.17) is 0 Å². The van der Waals surface area contributed by atoms with Crippen LogP contribution in [0.4, 0.5) is 0 Å². The van der Waals surface area contributed by atoms with Gasteiger partial charge in [0.25, 0.3) is 0 Å². The Hall–Kier alpha value is -9.90. The normalized spacial score (nSPS) is 13.2. The average Bonchev–Trinajstić information content (AvgIpc) is 1.58. The zero-order chi connectivity index (χ0) is 58.0. The van der Waals surface area contributed by atoms with Gasteiger partial charge >= 0.3 is 0 Å². The Bertz CT molecular complexity index is 5920. The van der Waals surface area contributed by atoms with Crippen molar-refractivity contribution in [3.8, 4) is 33.6 Å². The highest BCUT2D eigenvalue weighted by atomic mass is 15.0. The fraction of sp³-hybridized carbons (Fsp3) is 0.146. The molecule has 18 aromatic rings. The zero-order valence-electron chi connectivity index (χ0n) is 50.2. The van der Waals surface area contributed by atoms with Gasteiger partial charge in [0.05, 0.1) is 55.2 Å². The predicted octanol–water partition coefficient (Wildman–Crippen LogP) is 22.6. The Morgan fingerprint density at radius 3 is 1.13 bits per heavy atom. The summed E-state index contributed by atoms with van der Waals surface area (Å²) in [5.41, 5.74) is 23.4. The minimum absolute atomic E-state index is 0.102. The molecule has 0 aliphatic rings. The second-order valence-corrected chi connectivity index (χ2v) is 27.8. The molecule has 0 radical (unpaired) electrons. The minimum Gasteiger partial charge on any atom is -0.309 e. The number of nitrogens with zero attached hydrogens (tertiary/aromatic N) is 4. The van der Waals surface area contributed by atoms with Gasteiger partial charge in [0.1, 0.15) is 0 Å². The molecule has 18 rings (SSSR count). The SMILES string of the molecule is CC(C)(C)c1cc(-c2ccc3c(c2)c2ccccc2n3-c2ccccc2)c2c(c1)c1cc(C(C)(C)C)cc3c4cc5c(cc4n2c31)c1cc2ccccc2c2c3cc(C(C)(C)C)cc(-c4ccc6c(c4)c4ccccc4n6-c4ccccc4)c3n5c12. The Labute approximate surface area is 499 Å². The molecular formula is C82H64N4. The third-order valence-electron chi connectivity index (χ3n) is 19.6. The van der Waals surface area contributed by atoms with Crippen molar-refractivity contribution in [2.24, 2.45) is 0 Å². The van der Waals surface area contributed by atoms with Crippen molar-refractivity contribution in [2.45, 2.75) is 78.6 Å². The van der Waals surface area contributed by atoms with Gasteiger partial charge in [0, 0.05) is 87.1 Å². The van der Waals surface area contributed by atoms with Crippen LogP contribution < -0.4 is 0 Å². The van der Waals surface area contributed by atoms with Gasteiger partial charge in [0.2, 0.25) is 0 Å². The summed E-state index contributed by atoms with van der Waals surface area (Å²) in [6.07, 6.45) is 0. The quantitative estimate of drug-likeness (QED) is 0.167. The van der Waals surface area contributed by atoms with Gasteiger partial charge < -0.3 is 17.9 Å². The summed E-state index contributed by atoms with van der Waals surface area (Å²) in [6, 6.07) is 85.9. The van der Waals surface area contributed by atoms with E-state index in [2.05, 4.69) is 305 Å². The summed E-state index contributed by atoms with van der Waals surface area (Å²) in [4.78, 5) is 0. The lowest BCUT2D eigenvalue weighted by Gasteiger charge is -2.22. The zero-order valence-corrected chi connectivity index (χ0v) is 50.2. The van der Waals surface area contributed by atoms with Gasteiger partial charge in [-0.15, -0.1) is 0 Å². The van der Waals surface area contributed by atoms with E-state index < -0.39 is 0 Å². The van der Waals surface area contributed by atoms with Crippen LogP contribution in [0.15, 0.2) is 224 Å². The molecule has 6 aromatic heterocycles. The Morgan fingerprint density at radius 2 is 0.616 bits per heavy atom. The molecule has 4 nitrogen and oxygen atoms in total. The second kappa shape index (κ2) is 16.9. The first-order chi connectivity index (χ1) is 41.6. The van der Waals surface area contributed by atoms with Crippen LogP contribution in [-0.2, 0) is 16.2 Å². The summed E-state index contributed by atoms with van der Waals surface area (Å²) in [6.45, 7) is 21.3. The molecule has 0 amide bonds. The van der Waals surface area contributed by atoms with Gasteiger partial charge in [0.15, 0.2) is 0 Å². The standard InChI is InChI=1S/C82H64N4/c1-80(2,3)50-39-58(48-32-34-71-60(36-48)56-28-18-20-30-69(56)83(71)53-23-12-10-13-24-53)76-66(42-50)67-43-52(82(7,8)9)41-65-63-46-74-62(45-73(63)85(76)78(65)67)64-38-47-22-16-17-27-55(47)75-68-44-51(81(4,5)6)40-59(77(68)86(74)79(64)75)49-33-35-72-61(37-49)57-29-19-21-31-70(57)84(72)54-25-14-11-15-26-54/h10-46H,1-9H3. The molecule has 412 valence electrons. The van der Waals surface area contributed by atoms with Crippen LogP contribution in [0.5, 0.6) is 0 Å². The predicted molar refractivity (Wildman–Crippen MR) is 369 cm³/mol. The summed E-state index contributed by atoms with van der Waals surface area (Å²) in [5, 5.41) is 17.9. The number of benzene rings is 12. The van der Waals surface area contributed by atoms with Crippen LogP contribution in [0.3, 0.4) is 0 Å². The largest absolute Gasteiger partial charge is 0.309 e. The molecule has 0 spiro atoms. The van der Waals surface area contributed by atoms with E-state index in [-0.39, 0.29) is 16.2 Å². The van der Waals surface area contributed by atoms with Crippen molar-refractivity contribution in [3.63, 3.8) is 0 Å². The van der Waals surface area contributed by atoms with Crippen molar-refractivity contribution in [1.82, 2.24) is 17.9 Å². The number of hydrogen-bond donors (Lipinski definition) is 0. The van der Waals surface area contributed by atoms with Gasteiger partial charge in [-0.25, -0.2) is 0 Å². The van der Waals surface area contributed by atoms with E-state index in [1.165, 1.54) is 181 Å². The first-order valence-electron chi connectivity index (χ1n) is 30.7. The third-order valence-corrected chi connectivity index (χ3v) is 19.6. The van der Waals surface area contributed by atoms with Crippen LogP contribution in [0.25, 0.3) is 164 Å². The maximum atomic E-state index is 2.68. The number of rotatable bonds is 4. The molecule has 0 aliphatic carbocycles. The molecule has 4 heteroatoms. The average molecular weight is 1110 g/mol. The summed E-state index contributed by atoms with van der Waals surface area (Å²) in [5.74, 6) is 0. The van der Waals surface area contributed by atoms with Gasteiger partial charge in [-0.1, -0.05) is 172 Å². The molecule has 0 fully saturated rings. The van der Waals surface area contributed by atoms with Crippen LogP contribution in [0.1, 0.15) is 79.0 Å². The molecule has 0 N–H and O–H groups in total. The first kappa shape index (κ1) is 49.5. The molecule has 86 heavy (non-hydrogen) atoms. The molecule has 0 saturated carbocycles. The first-order valence-corrected chi connectivity index (χ1v) is 30.7. The molecular weight excluding hydrogens is 1040 g/mol. The fourth-order valence-corrected chi connectivity index (χ4v) is 15.3. The Balaban J connectivity index is 0.985. The van der Waals surface area contributed by atoms with Crippen LogP contribution >= 0.6 is 0 Å². The highest BCUT2D eigenvalue weighted by Gasteiger charge is 2.31. The summed E-state index contributed by atoms with van der Waals surface area (Å²) in [7, 11) is 0. The maximum Gasteiger partial charge on any atom is 0.0627 e. The maximum absolute atomic E-state index is 2.68. The van der Waals surface area contributed by atoms with E-state index in [0.717, 1.165) is 0 Å². The Kier molecular flexibility index (Phi) is 9.74. The Morgan fingerprint density at radius 1 is 0.244 bits per heavy atom. The number of aromatic nitrogens is 4. The van der Waals surface area contributed by atoms with E-state index in [1.54, 1.807) is 0 Å². The summed E-state index contributed by atoms with van der Waals surface area (Å²) >= 11 is 0. The smallest absolute Gasteiger partial charge is 0.0627 e. The van der Waals surface area contributed by atoms with Crippen LogP contribution in [0.2, 0.25) is 0 Å². The monoisotopic (exact) mass is 1100 g/mol. The summed E-state index contributed by atoms with van der Waals surface area (Å²) < 4.78 is 10.2. The van der Waals surface area contributed by atoms with E-state index >= 15 is 0 Å². The van der Waals surface area contributed by atoms with Gasteiger partial charge in [-0.2, -0.15) is 0 Å². The van der Waals surface area contributed by atoms with Crippen molar-refractivity contribution in [1.29, 1.82) is 0 Å². The van der Waals surface area contributed by atoms with E-state index in [9.17, 15) is 0 Å². The lowest BCUT2D eigenvalue weighted by Crippen LogP contribution is -2.11. The molecule has 0 saturated heterocycles. The van der Waals surface area contributed by atoms with E-state index in [1.807, 2.05) is 0 Å². The fourth-order valence-electron chi connectivity index (χ4n) is 15.3. The van der Waals surface area contributed by atoms with Crippen molar-refractivity contribution >= 4 is 131 Å². The molecule has 0 aliphatic heterocycles. The molecule has 12 aromatic carbocycles. The lowest BCUT2D eigenvalue weighted by atomic mass is 9.83. The third kappa shape index (κ3) is 6.70. The molecule has 6 heterocycles. The van der Waals surface area contributed by atoms with Crippen LogP contribution in [0, 0.1) is 0 Å². The number of fused-ring (bicyclic) bond motifs is 20. The highest BCUT2D eigenvalue weighted by Crippen LogP contribution is 2.52. The molecule has 0 atom stereocenters. The number of hydrogen-bond acceptors (Lipinski definition) is 0. The van der Waals surface area contributed by atoms with Gasteiger partial charge in [-0.3, -0.25) is 0 Å². The van der Waals surface area contributed by atoms with Gasteiger partial charge in [-0.05, 0) is 170 Å². The lowest BCUT2D eigenvalue weighted by molar-refractivity contribution is 0.591. The van der Waals surface area contributed by atoms with E-state index in [0.29, 0.717) is 0 Å². The topological polar surface area (TPSA) is 18.7 Å². The molecule has 0 unspecified atom stereocenters. The van der Waals surface area contributed by atoms with Crippen LogP contribution in [-0.4, -0.2) is 17.9 Å². The minimum atomic E-state index is -0.111. The molecule has 0 bridgehead atoms. The van der Waals surface area contributed by atoms with Crippen molar-refractivity contribution in [3.05, 3.63) is 241 Å². The second-order valence-electron chi connectivity index (χ2n) is 27.8.